The molecule has 4 fully saturated rings. The predicted octanol–water partition coefficient (Wildman–Crippen LogP) is 2.54. The highest BCUT2D eigenvalue weighted by Gasteiger charge is 2.55. The van der Waals surface area contributed by atoms with Gasteiger partial charge in [0.05, 0.1) is 17.5 Å². The summed E-state index contributed by atoms with van der Waals surface area (Å²) in [5.41, 5.74) is 1.28. The molecule has 1 aromatic rings. The van der Waals surface area contributed by atoms with Crippen molar-refractivity contribution in [1.82, 2.24) is 9.78 Å². The first-order valence-corrected chi connectivity index (χ1v) is 7.71. The molecule has 5 rings (SSSR count). The van der Waals surface area contributed by atoms with Gasteiger partial charge < -0.3 is 5.11 Å². The average molecular weight is 271 g/mol. The minimum atomic E-state index is -0.530. The fraction of sp³-hybridized carbons (Fsp3) is 0.750. The van der Waals surface area contributed by atoms with E-state index in [9.17, 15) is 10.4 Å². The van der Waals surface area contributed by atoms with Crippen LogP contribution in [0.15, 0.2) is 6.20 Å². The summed E-state index contributed by atoms with van der Waals surface area (Å²) in [4.78, 5) is 0. The Kier molecular flexibility index (Phi) is 2.53. The Hall–Kier alpha value is -1.34. The molecule has 1 unspecified atom stereocenters. The zero-order valence-electron chi connectivity index (χ0n) is 11.9. The van der Waals surface area contributed by atoms with Crippen LogP contribution >= 0.6 is 0 Å². The van der Waals surface area contributed by atoms with Crippen LogP contribution in [0.2, 0.25) is 0 Å². The fourth-order valence-electron chi connectivity index (χ4n) is 5.66. The Morgan fingerprint density at radius 3 is 2.35 bits per heavy atom. The Bertz CT molecular complexity index is 548. The second-order valence-electron chi connectivity index (χ2n) is 7.36. The molecule has 1 atom stereocenters. The van der Waals surface area contributed by atoms with Crippen molar-refractivity contribution in [3.63, 3.8) is 0 Å². The van der Waals surface area contributed by atoms with Crippen molar-refractivity contribution in [3.8, 4) is 6.07 Å². The molecule has 0 saturated heterocycles. The van der Waals surface area contributed by atoms with Crippen LogP contribution in [0.3, 0.4) is 0 Å². The zero-order chi connectivity index (χ0) is 13.9. The van der Waals surface area contributed by atoms with Crippen LogP contribution in [-0.4, -0.2) is 14.9 Å². The van der Waals surface area contributed by atoms with Crippen molar-refractivity contribution >= 4 is 0 Å². The Balaban J connectivity index is 1.73. The SMILES string of the molecule is Cn1ncc(C#N)c1C(O)C12CC3CC(CC(C3)C1)C2. The molecule has 1 aromatic heterocycles. The van der Waals surface area contributed by atoms with Gasteiger partial charge in [-0.1, -0.05) is 0 Å². The van der Waals surface area contributed by atoms with Gasteiger partial charge in [-0.15, -0.1) is 0 Å². The Labute approximate surface area is 119 Å². The van der Waals surface area contributed by atoms with E-state index in [-0.39, 0.29) is 5.41 Å². The van der Waals surface area contributed by atoms with Crippen molar-refractivity contribution in [2.24, 2.45) is 30.2 Å². The topological polar surface area (TPSA) is 61.8 Å². The number of aliphatic hydroxyl groups excluding tert-OH is 1. The van der Waals surface area contributed by atoms with E-state index >= 15 is 0 Å². The van der Waals surface area contributed by atoms with Gasteiger partial charge in [0.2, 0.25) is 0 Å². The first-order chi connectivity index (χ1) is 9.61. The number of aromatic nitrogens is 2. The van der Waals surface area contributed by atoms with Crippen LogP contribution in [0.1, 0.15) is 55.9 Å². The van der Waals surface area contributed by atoms with Crippen LogP contribution in [0.5, 0.6) is 0 Å². The third kappa shape index (κ3) is 1.59. The fourth-order valence-corrected chi connectivity index (χ4v) is 5.66. The monoisotopic (exact) mass is 271 g/mol. The van der Waals surface area contributed by atoms with E-state index in [2.05, 4.69) is 11.2 Å². The van der Waals surface area contributed by atoms with Gasteiger partial charge in [-0.3, -0.25) is 4.68 Å². The van der Waals surface area contributed by atoms with Crippen LogP contribution in [-0.2, 0) is 7.05 Å². The lowest BCUT2D eigenvalue weighted by Gasteiger charge is -2.58. The lowest BCUT2D eigenvalue weighted by molar-refractivity contribution is -0.124. The van der Waals surface area contributed by atoms with Crippen molar-refractivity contribution in [1.29, 1.82) is 5.26 Å². The summed E-state index contributed by atoms with van der Waals surface area (Å²) >= 11 is 0. The normalized spacial score (nSPS) is 39.8. The van der Waals surface area contributed by atoms with E-state index in [1.54, 1.807) is 10.9 Å². The van der Waals surface area contributed by atoms with Crippen molar-refractivity contribution in [2.45, 2.75) is 44.6 Å². The molecular formula is C16H21N3O. The van der Waals surface area contributed by atoms with Gasteiger partial charge in [-0.2, -0.15) is 10.4 Å². The quantitative estimate of drug-likeness (QED) is 0.899. The van der Waals surface area contributed by atoms with Crippen LogP contribution in [0.4, 0.5) is 0 Å². The number of aliphatic hydroxyl groups is 1. The van der Waals surface area contributed by atoms with Crippen LogP contribution < -0.4 is 0 Å². The number of rotatable bonds is 2. The lowest BCUT2D eigenvalue weighted by Crippen LogP contribution is -2.49. The van der Waals surface area contributed by atoms with Crippen LogP contribution in [0.25, 0.3) is 0 Å². The van der Waals surface area contributed by atoms with Gasteiger partial charge in [-0.05, 0) is 56.3 Å². The second kappa shape index (κ2) is 4.08. The third-order valence-electron chi connectivity index (χ3n) is 6.03. The predicted molar refractivity (Wildman–Crippen MR) is 73.5 cm³/mol. The van der Waals surface area contributed by atoms with Gasteiger partial charge in [0, 0.05) is 12.5 Å². The molecule has 4 bridgehead atoms. The maximum Gasteiger partial charge on any atom is 0.103 e. The van der Waals surface area contributed by atoms with Crippen molar-refractivity contribution in [3.05, 3.63) is 17.5 Å². The standard InChI is InChI=1S/C16H21N3O/c1-19-14(13(8-17)9-18-19)15(20)16-5-10-2-11(6-16)4-12(3-10)7-16/h9-12,15,20H,2-7H2,1H3. The summed E-state index contributed by atoms with van der Waals surface area (Å²) in [5.74, 6) is 2.40. The molecule has 0 radical (unpaired) electrons. The highest BCUT2D eigenvalue weighted by molar-refractivity contribution is 5.34. The summed E-state index contributed by atoms with van der Waals surface area (Å²) in [7, 11) is 1.83. The van der Waals surface area contributed by atoms with E-state index in [0.29, 0.717) is 5.56 Å². The summed E-state index contributed by atoms with van der Waals surface area (Å²) in [6.45, 7) is 0. The molecule has 106 valence electrons. The van der Waals surface area contributed by atoms with Gasteiger partial charge in [-0.25, -0.2) is 0 Å². The number of nitrogens with zero attached hydrogens (tertiary/aromatic N) is 3. The molecule has 4 heteroatoms. The van der Waals surface area contributed by atoms with Crippen LogP contribution in [0, 0.1) is 34.5 Å². The number of aryl methyl sites for hydroxylation is 1. The van der Waals surface area contributed by atoms with Gasteiger partial charge in [0.15, 0.2) is 0 Å². The smallest absolute Gasteiger partial charge is 0.103 e. The summed E-state index contributed by atoms with van der Waals surface area (Å²) in [6.07, 6.45) is 8.55. The van der Waals surface area contributed by atoms with E-state index in [1.807, 2.05) is 7.05 Å². The van der Waals surface area contributed by atoms with Gasteiger partial charge in [0.1, 0.15) is 12.2 Å². The van der Waals surface area contributed by atoms with E-state index in [0.717, 1.165) is 42.7 Å². The van der Waals surface area contributed by atoms with E-state index in [4.69, 9.17) is 0 Å². The molecule has 4 aliphatic rings. The van der Waals surface area contributed by atoms with E-state index in [1.165, 1.54) is 19.3 Å². The van der Waals surface area contributed by atoms with E-state index < -0.39 is 6.10 Å². The molecule has 1 N–H and O–H groups in total. The van der Waals surface area contributed by atoms with Crippen molar-refractivity contribution in [2.75, 3.05) is 0 Å². The average Bonchev–Trinajstić information content (AvgIpc) is 2.77. The molecule has 0 amide bonds. The minimum absolute atomic E-state index is 0.00808. The summed E-state index contributed by atoms with van der Waals surface area (Å²) in [6, 6.07) is 2.19. The maximum atomic E-state index is 11.1. The Morgan fingerprint density at radius 1 is 1.30 bits per heavy atom. The molecule has 20 heavy (non-hydrogen) atoms. The number of nitriles is 1. The largest absolute Gasteiger partial charge is 0.386 e. The highest BCUT2D eigenvalue weighted by Crippen LogP contribution is 2.64. The second-order valence-corrected chi connectivity index (χ2v) is 7.36. The maximum absolute atomic E-state index is 11.1. The molecule has 0 aromatic carbocycles. The zero-order valence-corrected chi connectivity index (χ0v) is 11.9. The molecule has 4 nitrogen and oxygen atoms in total. The summed E-state index contributed by atoms with van der Waals surface area (Å²) in [5, 5.41) is 24.5. The molecule has 4 aliphatic carbocycles. The van der Waals surface area contributed by atoms with Crippen molar-refractivity contribution < 1.29 is 5.11 Å². The Morgan fingerprint density at radius 2 is 1.85 bits per heavy atom. The molecule has 1 heterocycles. The third-order valence-corrected chi connectivity index (χ3v) is 6.03. The molecule has 4 saturated carbocycles. The molecule has 0 spiro atoms. The summed E-state index contributed by atoms with van der Waals surface area (Å²) < 4.78 is 1.70. The number of hydrogen-bond acceptors (Lipinski definition) is 3. The molecular weight excluding hydrogens is 250 g/mol. The minimum Gasteiger partial charge on any atom is -0.386 e. The highest BCUT2D eigenvalue weighted by atomic mass is 16.3. The molecule has 0 aliphatic heterocycles. The number of hydrogen-bond donors (Lipinski definition) is 1. The lowest BCUT2D eigenvalue weighted by atomic mass is 9.48. The first kappa shape index (κ1) is 12.4. The first-order valence-electron chi connectivity index (χ1n) is 7.71. The van der Waals surface area contributed by atoms with Gasteiger partial charge in [0.25, 0.3) is 0 Å². The van der Waals surface area contributed by atoms with Gasteiger partial charge >= 0.3 is 0 Å².